The molecule has 37 heavy (non-hydrogen) atoms. The molecular formula is C26H25N7O4. The van der Waals surface area contributed by atoms with Crippen LogP contribution in [0.3, 0.4) is 0 Å². The van der Waals surface area contributed by atoms with E-state index in [1.807, 2.05) is 32.0 Å². The lowest BCUT2D eigenvalue weighted by Crippen LogP contribution is -2.19. The van der Waals surface area contributed by atoms with E-state index >= 15 is 0 Å². The summed E-state index contributed by atoms with van der Waals surface area (Å²) < 4.78 is 13.6. The van der Waals surface area contributed by atoms with Gasteiger partial charge in [0.1, 0.15) is 22.7 Å². The van der Waals surface area contributed by atoms with Crippen molar-refractivity contribution >= 4 is 22.8 Å². The molecule has 0 aliphatic rings. The Morgan fingerprint density at radius 3 is 2.51 bits per heavy atom. The number of aryl methyl sites for hydroxylation is 3. The number of aromatic amines is 1. The number of methoxy groups -OCH3 is 2. The van der Waals surface area contributed by atoms with Crippen LogP contribution in [0.15, 0.2) is 53.5 Å². The van der Waals surface area contributed by atoms with Crippen LogP contribution >= 0.6 is 0 Å². The van der Waals surface area contributed by atoms with Crippen LogP contribution < -0.4 is 20.3 Å². The second-order valence-corrected chi connectivity index (χ2v) is 8.55. The molecule has 0 atom stereocenters. The van der Waals surface area contributed by atoms with Crippen molar-refractivity contribution in [3.63, 3.8) is 0 Å². The van der Waals surface area contributed by atoms with Crippen molar-refractivity contribution in [3.05, 3.63) is 81.4 Å². The number of anilines is 1. The van der Waals surface area contributed by atoms with E-state index < -0.39 is 5.91 Å². The first-order chi connectivity index (χ1) is 17.8. The minimum absolute atomic E-state index is 0.133. The maximum absolute atomic E-state index is 13.1. The average molecular weight is 500 g/mol. The molecule has 2 N–H and O–H groups in total. The predicted molar refractivity (Wildman–Crippen MR) is 138 cm³/mol. The topological polar surface area (TPSA) is 129 Å². The summed E-state index contributed by atoms with van der Waals surface area (Å²) in [6.45, 7) is 5.81. The van der Waals surface area contributed by atoms with Gasteiger partial charge in [0.15, 0.2) is 5.65 Å². The van der Waals surface area contributed by atoms with Crippen molar-refractivity contribution in [2.45, 2.75) is 20.8 Å². The van der Waals surface area contributed by atoms with E-state index in [1.54, 1.807) is 35.9 Å². The Hall–Kier alpha value is -4.93. The van der Waals surface area contributed by atoms with Gasteiger partial charge in [-0.25, -0.2) is 4.68 Å². The van der Waals surface area contributed by atoms with Gasteiger partial charge >= 0.3 is 0 Å². The molecule has 11 nitrogen and oxygen atoms in total. The third kappa shape index (κ3) is 4.31. The standard InChI is InChI=1S/C26H25N7O4/c1-14-6-7-17(10-15(14)2)32-23-20(13-27-32)25(35)30-26(29-23)33-22(11-16(3)31-33)28-24(34)19-9-8-18(36-4)12-21(19)37-5/h6-13H,1-5H3,(H,28,34)(H,29,30,35). The molecular weight excluding hydrogens is 474 g/mol. The van der Waals surface area contributed by atoms with E-state index in [2.05, 4.69) is 25.5 Å². The Balaban J connectivity index is 1.57. The molecule has 1 amide bonds. The number of fused-ring (bicyclic) bond motifs is 1. The lowest BCUT2D eigenvalue weighted by atomic mass is 10.1. The minimum Gasteiger partial charge on any atom is -0.497 e. The summed E-state index contributed by atoms with van der Waals surface area (Å²) in [6.07, 6.45) is 1.48. The molecule has 188 valence electrons. The van der Waals surface area contributed by atoms with Crippen LogP contribution in [0.4, 0.5) is 5.82 Å². The van der Waals surface area contributed by atoms with Gasteiger partial charge in [0.25, 0.3) is 11.5 Å². The molecule has 0 radical (unpaired) electrons. The third-order valence-electron chi connectivity index (χ3n) is 6.09. The molecule has 0 saturated heterocycles. The first-order valence-electron chi connectivity index (χ1n) is 11.4. The second kappa shape index (κ2) is 9.26. The zero-order valence-electron chi connectivity index (χ0n) is 21.0. The Labute approximate surface area is 211 Å². The van der Waals surface area contributed by atoms with Crippen molar-refractivity contribution in [1.29, 1.82) is 0 Å². The number of hydrogen-bond acceptors (Lipinski definition) is 7. The SMILES string of the molecule is COc1ccc(C(=O)Nc2cc(C)nn2-c2nc3c(cnn3-c3ccc(C)c(C)c3)c(=O)[nH]2)c(OC)c1. The maximum atomic E-state index is 13.1. The Kier molecular flexibility index (Phi) is 5.96. The van der Waals surface area contributed by atoms with Gasteiger partial charge in [-0.1, -0.05) is 6.07 Å². The quantitative estimate of drug-likeness (QED) is 0.366. The normalized spacial score (nSPS) is 11.1. The summed E-state index contributed by atoms with van der Waals surface area (Å²) in [5.41, 5.74) is 3.92. The van der Waals surface area contributed by atoms with Crippen molar-refractivity contribution in [2.24, 2.45) is 0 Å². The summed E-state index contributed by atoms with van der Waals surface area (Å²) in [4.78, 5) is 33.5. The highest BCUT2D eigenvalue weighted by Gasteiger charge is 2.19. The molecule has 2 aromatic carbocycles. The van der Waals surface area contributed by atoms with E-state index in [-0.39, 0.29) is 11.5 Å². The molecule has 0 spiro atoms. The molecule has 0 saturated carbocycles. The highest BCUT2D eigenvalue weighted by molar-refractivity contribution is 6.06. The van der Waals surface area contributed by atoms with Crippen LogP contribution in [0, 0.1) is 20.8 Å². The first kappa shape index (κ1) is 23.8. The van der Waals surface area contributed by atoms with E-state index in [4.69, 9.17) is 9.47 Å². The Morgan fingerprint density at radius 1 is 0.973 bits per heavy atom. The van der Waals surface area contributed by atoms with Gasteiger partial charge in [0, 0.05) is 12.1 Å². The fourth-order valence-corrected chi connectivity index (χ4v) is 3.97. The van der Waals surface area contributed by atoms with Crippen molar-refractivity contribution in [3.8, 4) is 23.1 Å². The van der Waals surface area contributed by atoms with Crippen LogP contribution in [-0.2, 0) is 0 Å². The van der Waals surface area contributed by atoms with Crippen LogP contribution in [0.25, 0.3) is 22.7 Å². The largest absolute Gasteiger partial charge is 0.497 e. The average Bonchev–Trinajstić information content (AvgIpc) is 3.48. The molecule has 0 unspecified atom stereocenters. The zero-order chi connectivity index (χ0) is 26.3. The number of benzene rings is 2. The predicted octanol–water partition coefficient (Wildman–Crippen LogP) is 3.49. The van der Waals surface area contributed by atoms with Crippen molar-refractivity contribution in [1.82, 2.24) is 29.5 Å². The summed E-state index contributed by atoms with van der Waals surface area (Å²) >= 11 is 0. The number of nitrogens with one attached hydrogen (secondary N) is 2. The number of ether oxygens (including phenoxy) is 2. The van der Waals surface area contributed by atoms with Gasteiger partial charge in [-0.05, 0) is 56.2 Å². The number of hydrogen-bond donors (Lipinski definition) is 2. The number of nitrogens with zero attached hydrogens (tertiary/aromatic N) is 5. The first-order valence-corrected chi connectivity index (χ1v) is 11.4. The highest BCUT2D eigenvalue weighted by atomic mass is 16.5. The van der Waals surface area contributed by atoms with Gasteiger partial charge in [-0.15, -0.1) is 0 Å². The molecule has 3 heterocycles. The van der Waals surface area contributed by atoms with Crippen LogP contribution in [0.5, 0.6) is 11.5 Å². The molecule has 5 aromatic rings. The fraction of sp³-hybridized carbons (Fsp3) is 0.192. The van der Waals surface area contributed by atoms with Gasteiger partial charge in [0.05, 0.1) is 37.4 Å². The molecule has 0 aliphatic heterocycles. The number of carbonyl (C=O) groups excluding carboxylic acids is 1. The third-order valence-corrected chi connectivity index (χ3v) is 6.09. The van der Waals surface area contributed by atoms with E-state index in [0.29, 0.717) is 39.6 Å². The molecule has 5 rings (SSSR count). The lowest BCUT2D eigenvalue weighted by Gasteiger charge is -2.12. The number of amides is 1. The number of aromatic nitrogens is 6. The highest BCUT2D eigenvalue weighted by Crippen LogP contribution is 2.26. The number of carbonyl (C=O) groups is 1. The van der Waals surface area contributed by atoms with Crippen LogP contribution in [0.1, 0.15) is 27.2 Å². The summed E-state index contributed by atoms with van der Waals surface area (Å²) in [6, 6.07) is 12.5. The van der Waals surface area contributed by atoms with Crippen LogP contribution in [-0.4, -0.2) is 49.7 Å². The number of H-pyrrole nitrogens is 1. The van der Waals surface area contributed by atoms with Gasteiger partial charge in [-0.3, -0.25) is 14.6 Å². The fourth-order valence-electron chi connectivity index (χ4n) is 3.97. The Bertz CT molecular complexity index is 1710. The monoisotopic (exact) mass is 499 g/mol. The molecule has 0 fully saturated rings. The summed E-state index contributed by atoms with van der Waals surface area (Å²) in [5.74, 6) is 0.937. The van der Waals surface area contributed by atoms with Gasteiger partial charge in [0.2, 0.25) is 5.95 Å². The second-order valence-electron chi connectivity index (χ2n) is 8.55. The lowest BCUT2D eigenvalue weighted by molar-refractivity contribution is 0.102. The molecule has 11 heteroatoms. The van der Waals surface area contributed by atoms with Gasteiger partial charge < -0.3 is 14.8 Å². The summed E-state index contributed by atoms with van der Waals surface area (Å²) in [7, 11) is 3.01. The summed E-state index contributed by atoms with van der Waals surface area (Å²) in [5, 5.41) is 12.0. The molecule has 3 aromatic heterocycles. The molecule has 0 bridgehead atoms. The van der Waals surface area contributed by atoms with E-state index in [9.17, 15) is 9.59 Å². The Morgan fingerprint density at radius 2 is 1.78 bits per heavy atom. The zero-order valence-corrected chi connectivity index (χ0v) is 21.0. The number of rotatable bonds is 6. The van der Waals surface area contributed by atoms with Crippen molar-refractivity contribution in [2.75, 3.05) is 19.5 Å². The maximum Gasteiger partial charge on any atom is 0.263 e. The van der Waals surface area contributed by atoms with E-state index in [1.165, 1.54) is 25.1 Å². The molecule has 0 aliphatic carbocycles. The van der Waals surface area contributed by atoms with Gasteiger partial charge in [-0.2, -0.15) is 19.9 Å². The smallest absolute Gasteiger partial charge is 0.263 e. The minimum atomic E-state index is -0.427. The van der Waals surface area contributed by atoms with E-state index in [0.717, 1.165) is 16.8 Å². The van der Waals surface area contributed by atoms with Crippen LogP contribution in [0.2, 0.25) is 0 Å². The van der Waals surface area contributed by atoms with Crippen molar-refractivity contribution < 1.29 is 14.3 Å².